The minimum Gasteiger partial charge on any atom is -0.497 e. The number of methoxy groups -OCH3 is 1. The Balaban J connectivity index is 1.57. The van der Waals surface area contributed by atoms with Crippen LogP contribution in [0.2, 0.25) is 0 Å². The van der Waals surface area contributed by atoms with Crippen LogP contribution in [0.15, 0.2) is 115 Å². The molecule has 2 amide bonds. The molecule has 5 heteroatoms. The number of amides is 2. The normalized spacial score (nSPS) is 11.4. The van der Waals surface area contributed by atoms with Gasteiger partial charge in [0.1, 0.15) is 11.8 Å². The molecule has 0 heterocycles. The molecule has 0 aliphatic carbocycles. The summed E-state index contributed by atoms with van der Waals surface area (Å²) in [5.41, 5.74) is 4.21. The zero-order valence-corrected chi connectivity index (χ0v) is 22.5. The van der Waals surface area contributed by atoms with Crippen molar-refractivity contribution in [2.75, 3.05) is 13.7 Å². The summed E-state index contributed by atoms with van der Waals surface area (Å²) < 4.78 is 5.31. The minimum absolute atomic E-state index is 0.0474. The Labute approximate surface area is 231 Å². The predicted octanol–water partition coefficient (Wildman–Crippen LogP) is 5.63. The third kappa shape index (κ3) is 8.57. The molecular weight excluding hydrogens is 484 g/mol. The predicted molar refractivity (Wildman–Crippen MR) is 155 cm³/mol. The maximum absolute atomic E-state index is 13.8. The van der Waals surface area contributed by atoms with E-state index < -0.39 is 6.04 Å². The van der Waals surface area contributed by atoms with E-state index in [4.69, 9.17) is 4.74 Å². The van der Waals surface area contributed by atoms with Gasteiger partial charge in [0.2, 0.25) is 11.8 Å². The van der Waals surface area contributed by atoms with Crippen molar-refractivity contribution in [1.82, 2.24) is 10.2 Å². The van der Waals surface area contributed by atoms with Gasteiger partial charge < -0.3 is 15.0 Å². The fourth-order valence-electron chi connectivity index (χ4n) is 4.61. The Hall–Kier alpha value is -4.38. The first-order valence-corrected chi connectivity index (χ1v) is 13.4. The van der Waals surface area contributed by atoms with Crippen molar-refractivity contribution in [1.29, 1.82) is 0 Å². The van der Waals surface area contributed by atoms with Gasteiger partial charge in [-0.3, -0.25) is 9.59 Å². The van der Waals surface area contributed by atoms with Crippen LogP contribution in [-0.2, 0) is 35.4 Å². The van der Waals surface area contributed by atoms with E-state index in [2.05, 4.69) is 17.4 Å². The summed E-state index contributed by atoms with van der Waals surface area (Å²) in [7, 11) is 1.63. The Kier molecular flexibility index (Phi) is 10.3. The van der Waals surface area contributed by atoms with E-state index in [0.717, 1.165) is 34.4 Å². The molecule has 1 atom stereocenters. The number of aryl methyl sites for hydroxylation is 1. The molecule has 0 spiro atoms. The lowest BCUT2D eigenvalue weighted by atomic mass is 10.0. The summed E-state index contributed by atoms with van der Waals surface area (Å²) >= 11 is 0. The number of hydrogen-bond donors (Lipinski definition) is 1. The van der Waals surface area contributed by atoms with Gasteiger partial charge in [0.25, 0.3) is 0 Å². The third-order valence-corrected chi connectivity index (χ3v) is 6.81. The molecule has 200 valence electrons. The van der Waals surface area contributed by atoms with Crippen LogP contribution >= 0.6 is 0 Å². The zero-order chi connectivity index (χ0) is 27.3. The van der Waals surface area contributed by atoms with E-state index in [1.807, 2.05) is 103 Å². The second-order valence-electron chi connectivity index (χ2n) is 9.59. The fourth-order valence-corrected chi connectivity index (χ4v) is 4.61. The molecule has 0 radical (unpaired) electrons. The van der Waals surface area contributed by atoms with Crippen molar-refractivity contribution >= 4 is 11.8 Å². The second kappa shape index (κ2) is 14.5. The summed E-state index contributed by atoms with van der Waals surface area (Å²) in [5.74, 6) is 0.561. The molecule has 4 aromatic carbocycles. The monoisotopic (exact) mass is 520 g/mol. The first-order valence-electron chi connectivity index (χ1n) is 13.4. The van der Waals surface area contributed by atoms with Crippen LogP contribution in [-0.4, -0.2) is 36.4 Å². The quantitative estimate of drug-likeness (QED) is 0.249. The first kappa shape index (κ1) is 27.6. The van der Waals surface area contributed by atoms with Crippen LogP contribution in [0.4, 0.5) is 0 Å². The molecule has 0 aliphatic heterocycles. The lowest BCUT2D eigenvalue weighted by molar-refractivity contribution is -0.141. The SMILES string of the molecule is COc1ccc(CN(C(=O)CCc2ccccc2)[C@H](Cc2ccccc2)C(=O)NCCc2ccccc2)cc1. The number of nitrogens with one attached hydrogen (secondary N) is 1. The Morgan fingerprint density at radius 3 is 1.79 bits per heavy atom. The third-order valence-electron chi connectivity index (χ3n) is 6.81. The van der Waals surface area contributed by atoms with Gasteiger partial charge >= 0.3 is 0 Å². The van der Waals surface area contributed by atoms with Gasteiger partial charge in [-0.1, -0.05) is 103 Å². The summed E-state index contributed by atoms with van der Waals surface area (Å²) in [6, 6.07) is 37.0. The number of carbonyl (C=O) groups excluding carboxylic acids is 2. The molecule has 39 heavy (non-hydrogen) atoms. The van der Waals surface area contributed by atoms with Crippen molar-refractivity contribution in [2.45, 2.75) is 38.3 Å². The molecule has 4 aromatic rings. The molecule has 0 fully saturated rings. The molecule has 0 unspecified atom stereocenters. The molecule has 4 rings (SSSR count). The van der Waals surface area contributed by atoms with E-state index in [-0.39, 0.29) is 11.8 Å². The van der Waals surface area contributed by atoms with E-state index in [9.17, 15) is 9.59 Å². The molecule has 5 nitrogen and oxygen atoms in total. The number of nitrogens with zero attached hydrogens (tertiary/aromatic N) is 1. The van der Waals surface area contributed by atoms with Crippen molar-refractivity contribution in [3.63, 3.8) is 0 Å². The number of benzene rings is 4. The highest BCUT2D eigenvalue weighted by Crippen LogP contribution is 2.19. The molecule has 0 aliphatic rings. The standard InChI is InChI=1S/C34H36N2O3/c1-39-31-20-17-30(18-21-31)26-36(33(37)22-19-27-11-5-2-6-12-27)32(25-29-15-9-4-10-16-29)34(38)35-24-23-28-13-7-3-8-14-28/h2-18,20-21,32H,19,22-26H2,1H3,(H,35,38)/t32-/m1/s1. The maximum Gasteiger partial charge on any atom is 0.243 e. The van der Waals surface area contributed by atoms with Gasteiger partial charge in [-0.05, 0) is 47.2 Å². The van der Waals surface area contributed by atoms with Gasteiger partial charge in [-0.25, -0.2) is 0 Å². The molecule has 0 bridgehead atoms. The summed E-state index contributed by atoms with van der Waals surface area (Å²) in [6.07, 6.45) is 2.10. The highest BCUT2D eigenvalue weighted by molar-refractivity contribution is 5.88. The van der Waals surface area contributed by atoms with Gasteiger partial charge in [0.05, 0.1) is 7.11 Å². The molecule has 0 aromatic heterocycles. The van der Waals surface area contributed by atoms with Crippen LogP contribution in [0.5, 0.6) is 5.75 Å². The number of carbonyl (C=O) groups is 2. The van der Waals surface area contributed by atoms with Gasteiger partial charge in [-0.15, -0.1) is 0 Å². The molecule has 0 saturated heterocycles. The van der Waals surface area contributed by atoms with E-state index in [1.54, 1.807) is 12.0 Å². The van der Waals surface area contributed by atoms with Gasteiger partial charge in [-0.2, -0.15) is 0 Å². The van der Waals surface area contributed by atoms with E-state index in [0.29, 0.717) is 32.4 Å². The summed E-state index contributed by atoms with van der Waals surface area (Å²) in [6.45, 7) is 0.837. The first-order chi connectivity index (χ1) is 19.1. The van der Waals surface area contributed by atoms with Crippen molar-refractivity contribution in [3.8, 4) is 5.75 Å². The molecule has 1 N–H and O–H groups in total. The van der Waals surface area contributed by atoms with Crippen LogP contribution in [0.25, 0.3) is 0 Å². The lowest BCUT2D eigenvalue weighted by Crippen LogP contribution is -2.50. The zero-order valence-electron chi connectivity index (χ0n) is 22.5. The van der Waals surface area contributed by atoms with Crippen LogP contribution in [0, 0.1) is 0 Å². The Morgan fingerprint density at radius 1 is 0.692 bits per heavy atom. The Morgan fingerprint density at radius 2 is 1.23 bits per heavy atom. The topological polar surface area (TPSA) is 58.6 Å². The van der Waals surface area contributed by atoms with Crippen LogP contribution < -0.4 is 10.1 Å². The van der Waals surface area contributed by atoms with Gasteiger partial charge in [0.15, 0.2) is 0 Å². The fraction of sp³-hybridized carbons (Fsp3) is 0.235. The average Bonchev–Trinajstić information content (AvgIpc) is 2.99. The number of ether oxygens (including phenoxy) is 1. The van der Waals surface area contributed by atoms with E-state index in [1.165, 1.54) is 0 Å². The van der Waals surface area contributed by atoms with Crippen molar-refractivity contribution in [2.24, 2.45) is 0 Å². The van der Waals surface area contributed by atoms with Crippen LogP contribution in [0.3, 0.4) is 0 Å². The van der Waals surface area contributed by atoms with Gasteiger partial charge in [0, 0.05) is 25.9 Å². The Bertz CT molecular complexity index is 1290. The van der Waals surface area contributed by atoms with Crippen molar-refractivity contribution < 1.29 is 14.3 Å². The largest absolute Gasteiger partial charge is 0.497 e. The average molecular weight is 521 g/mol. The summed E-state index contributed by atoms with van der Waals surface area (Å²) in [5, 5.41) is 3.11. The summed E-state index contributed by atoms with van der Waals surface area (Å²) in [4.78, 5) is 29.3. The number of rotatable bonds is 13. The number of hydrogen-bond acceptors (Lipinski definition) is 3. The van der Waals surface area contributed by atoms with Crippen molar-refractivity contribution in [3.05, 3.63) is 138 Å². The molecule has 0 saturated carbocycles. The van der Waals surface area contributed by atoms with Crippen LogP contribution in [0.1, 0.15) is 28.7 Å². The molecular formula is C34H36N2O3. The highest BCUT2D eigenvalue weighted by atomic mass is 16.5. The minimum atomic E-state index is -0.645. The second-order valence-corrected chi connectivity index (χ2v) is 9.59. The lowest BCUT2D eigenvalue weighted by Gasteiger charge is -2.32. The smallest absolute Gasteiger partial charge is 0.243 e. The maximum atomic E-state index is 13.8. The van der Waals surface area contributed by atoms with E-state index >= 15 is 0 Å². The highest BCUT2D eigenvalue weighted by Gasteiger charge is 2.30.